The number of hydrogen-bond acceptors (Lipinski definition) is 11. The molecule has 5 aliphatic rings. The lowest BCUT2D eigenvalue weighted by atomic mass is 9.47. The fourth-order valence-electron chi connectivity index (χ4n) is 10.4. The van der Waals surface area contributed by atoms with Gasteiger partial charge in [-0.05, 0) is 86.4 Å². The maximum Gasteiger partial charge on any atom is 0.397 e. The van der Waals surface area contributed by atoms with Crippen LogP contribution >= 0.6 is 0 Å². The Morgan fingerprint density at radius 2 is 1.77 bits per heavy atom. The minimum Gasteiger partial charge on any atom is -0.479 e. The van der Waals surface area contributed by atoms with E-state index in [-0.39, 0.29) is 30.6 Å². The van der Waals surface area contributed by atoms with Crippen LogP contribution in [0.4, 0.5) is 0 Å². The SMILES string of the molecule is CC(C)CCC[C@](C)(O)[C@H]1[C@@H](O)C[C@H]2[C@@H]3C[C@H](OS(=O)(=O)O)[C@H]4C[C@@H](O[C@@H]5O[C@H](C(=O)O)[C@@H](O)[C@@H](O)[C@H]5O)CC[C@]4(C)C3=CC[C@@]21C. The molecule has 5 rings (SSSR count). The van der Waals surface area contributed by atoms with Crippen molar-refractivity contribution in [1.29, 1.82) is 0 Å². The summed E-state index contributed by atoms with van der Waals surface area (Å²) >= 11 is 0. The van der Waals surface area contributed by atoms with Crippen LogP contribution in [0.3, 0.4) is 0 Å². The van der Waals surface area contributed by atoms with E-state index in [4.69, 9.17) is 13.7 Å². The third kappa shape index (κ3) is 6.93. The summed E-state index contributed by atoms with van der Waals surface area (Å²) in [5.74, 6) is -2.11. The number of allylic oxidation sites excluding steroid dienone is 2. The van der Waals surface area contributed by atoms with Gasteiger partial charge in [-0.25, -0.2) is 8.98 Å². The zero-order chi connectivity index (χ0) is 34.9. The van der Waals surface area contributed by atoms with E-state index in [1.807, 2.05) is 13.8 Å². The minimum absolute atomic E-state index is 0.0648. The van der Waals surface area contributed by atoms with E-state index in [9.17, 15) is 48.4 Å². The lowest BCUT2D eigenvalue weighted by Gasteiger charge is -2.59. The second-order valence-electron chi connectivity index (χ2n) is 16.1. The number of fused-ring (bicyclic) bond motifs is 5. The van der Waals surface area contributed by atoms with Crippen LogP contribution in [0.25, 0.3) is 0 Å². The van der Waals surface area contributed by atoms with Crippen molar-refractivity contribution < 1.29 is 62.1 Å². The fraction of sp³-hybridized carbons (Fsp3) is 0.909. The van der Waals surface area contributed by atoms with Crippen LogP contribution in [0, 0.1) is 40.4 Å². The lowest BCUT2D eigenvalue weighted by Crippen LogP contribution is -2.61. The van der Waals surface area contributed by atoms with E-state index in [1.165, 1.54) is 0 Å². The average molecular weight is 691 g/mol. The number of carbonyl (C=O) groups is 1. The number of ether oxygens (including phenoxy) is 2. The van der Waals surface area contributed by atoms with E-state index in [0.29, 0.717) is 38.0 Å². The molecule has 0 unspecified atom stereocenters. The van der Waals surface area contributed by atoms with Gasteiger partial charge in [0.2, 0.25) is 0 Å². The van der Waals surface area contributed by atoms with E-state index < -0.39 is 87.7 Å². The highest BCUT2D eigenvalue weighted by molar-refractivity contribution is 7.80. The summed E-state index contributed by atoms with van der Waals surface area (Å²) in [5, 5.41) is 63.6. The highest BCUT2D eigenvalue weighted by atomic mass is 32.3. The van der Waals surface area contributed by atoms with Gasteiger partial charge < -0.3 is 40.1 Å². The van der Waals surface area contributed by atoms with Gasteiger partial charge in [-0.15, -0.1) is 0 Å². The van der Waals surface area contributed by atoms with Crippen molar-refractivity contribution in [2.75, 3.05) is 0 Å². The largest absolute Gasteiger partial charge is 0.479 e. The zero-order valence-electron chi connectivity index (χ0n) is 27.9. The first-order valence-corrected chi connectivity index (χ1v) is 18.4. The molecule has 4 aliphatic carbocycles. The third-order valence-electron chi connectivity index (χ3n) is 12.5. The Balaban J connectivity index is 1.41. The topological polar surface area (TPSA) is 221 Å². The molecular formula is C33H54O13S. The van der Waals surface area contributed by atoms with Crippen molar-refractivity contribution in [3.63, 3.8) is 0 Å². The lowest BCUT2D eigenvalue weighted by molar-refractivity contribution is -0.309. The van der Waals surface area contributed by atoms with Crippen molar-refractivity contribution in [2.45, 2.75) is 147 Å². The van der Waals surface area contributed by atoms with Crippen molar-refractivity contribution in [1.82, 2.24) is 0 Å². The molecule has 0 bridgehead atoms. The van der Waals surface area contributed by atoms with Crippen molar-refractivity contribution in [2.24, 2.45) is 40.4 Å². The van der Waals surface area contributed by atoms with Crippen LogP contribution in [0.5, 0.6) is 0 Å². The molecule has 1 saturated heterocycles. The van der Waals surface area contributed by atoms with Crippen molar-refractivity contribution in [3.8, 4) is 0 Å². The van der Waals surface area contributed by atoms with Gasteiger partial charge >= 0.3 is 16.4 Å². The van der Waals surface area contributed by atoms with Gasteiger partial charge in [0.05, 0.1) is 23.9 Å². The standard InChI is InChI=1S/C33H54O13S/c1-16(2)7-6-10-33(5,40)28-22(34)15-20-18-14-23(46-47(41,42)43)21-13-17(8-11-31(21,3)19(18)9-12-32(20,28)4)44-30-26(37)24(35)25(36)27(45-30)29(38)39/h9,16-18,20-28,30,34-37,40H,6-8,10-15H2,1-5H3,(H,38,39)(H,41,42,43)/t17-,18+,20-,21+,22-,23-,24+,25-,26+,27-,28-,30+,31+,32-,33-/m0/s1. The van der Waals surface area contributed by atoms with E-state index in [2.05, 4.69) is 26.8 Å². The summed E-state index contributed by atoms with van der Waals surface area (Å²) in [6, 6.07) is 0. The maximum absolute atomic E-state index is 12.2. The van der Waals surface area contributed by atoms with E-state index >= 15 is 0 Å². The van der Waals surface area contributed by atoms with Gasteiger partial charge in [0.25, 0.3) is 0 Å². The predicted molar refractivity (Wildman–Crippen MR) is 167 cm³/mol. The summed E-state index contributed by atoms with van der Waals surface area (Å²) in [5.41, 5.74) is -0.988. The third-order valence-corrected chi connectivity index (χ3v) is 13.0. The first kappa shape index (κ1) is 37.1. The molecule has 47 heavy (non-hydrogen) atoms. The Kier molecular flexibility index (Phi) is 10.4. The van der Waals surface area contributed by atoms with Gasteiger partial charge in [-0.1, -0.05) is 52.2 Å². The molecule has 4 fully saturated rings. The first-order valence-electron chi connectivity index (χ1n) is 17.0. The maximum atomic E-state index is 12.2. The van der Waals surface area contributed by atoms with Gasteiger partial charge in [0.1, 0.15) is 18.3 Å². The number of aliphatic hydroxyl groups excluding tert-OH is 4. The molecule has 0 radical (unpaired) electrons. The second-order valence-corrected chi connectivity index (χ2v) is 17.1. The Morgan fingerprint density at radius 3 is 2.38 bits per heavy atom. The molecule has 13 nitrogen and oxygen atoms in total. The summed E-state index contributed by atoms with van der Waals surface area (Å²) in [6.45, 7) is 10.3. The molecule has 1 aliphatic heterocycles. The highest BCUT2D eigenvalue weighted by Gasteiger charge is 2.64. The minimum atomic E-state index is -4.86. The summed E-state index contributed by atoms with van der Waals surface area (Å²) in [4.78, 5) is 11.6. The Labute approximate surface area is 277 Å². The van der Waals surface area contributed by atoms with Gasteiger partial charge in [0.15, 0.2) is 12.4 Å². The number of rotatable bonds is 10. The molecule has 0 aromatic rings. The fourth-order valence-corrected chi connectivity index (χ4v) is 10.9. The summed E-state index contributed by atoms with van der Waals surface area (Å²) in [7, 11) is -4.86. The number of hydrogen-bond donors (Lipinski definition) is 7. The van der Waals surface area contributed by atoms with Crippen LogP contribution in [-0.4, -0.2) is 104 Å². The molecule has 0 spiro atoms. The van der Waals surface area contributed by atoms with E-state index in [1.54, 1.807) is 0 Å². The molecule has 15 atom stereocenters. The first-order chi connectivity index (χ1) is 21.7. The molecule has 270 valence electrons. The normalized spacial score (nSPS) is 46.6. The predicted octanol–water partition coefficient (Wildman–Crippen LogP) is 2.19. The van der Waals surface area contributed by atoms with Crippen LogP contribution in [0.2, 0.25) is 0 Å². The van der Waals surface area contributed by atoms with Crippen molar-refractivity contribution >= 4 is 16.4 Å². The Bertz CT molecular complexity index is 1300. The molecule has 1 heterocycles. The van der Waals surface area contributed by atoms with Gasteiger partial charge in [0, 0.05) is 5.92 Å². The van der Waals surface area contributed by atoms with E-state index in [0.717, 1.165) is 18.4 Å². The van der Waals surface area contributed by atoms with Gasteiger partial charge in [-0.3, -0.25) is 4.55 Å². The molecule has 0 amide bonds. The number of carboxylic acids is 1. The number of aliphatic hydroxyl groups is 5. The summed E-state index contributed by atoms with van der Waals surface area (Å²) in [6.07, 6.45) is -4.05. The number of carboxylic acid groups (broad SMARTS) is 1. The smallest absolute Gasteiger partial charge is 0.397 e. The van der Waals surface area contributed by atoms with Crippen LogP contribution in [-0.2, 0) is 28.9 Å². The zero-order valence-corrected chi connectivity index (χ0v) is 28.8. The molecule has 7 N–H and O–H groups in total. The van der Waals surface area contributed by atoms with Gasteiger partial charge in [-0.2, -0.15) is 8.42 Å². The van der Waals surface area contributed by atoms with Crippen LogP contribution in [0.1, 0.15) is 92.4 Å². The average Bonchev–Trinajstić information content (AvgIpc) is 3.23. The molecule has 14 heteroatoms. The molecule has 0 aromatic heterocycles. The van der Waals surface area contributed by atoms with Crippen LogP contribution in [0.15, 0.2) is 11.6 Å². The molecule has 3 saturated carbocycles. The highest BCUT2D eigenvalue weighted by Crippen LogP contribution is 2.67. The Morgan fingerprint density at radius 1 is 1.09 bits per heavy atom. The molecular weight excluding hydrogens is 636 g/mol. The molecule has 0 aromatic carbocycles. The monoisotopic (exact) mass is 690 g/mol. The quantitative estimate of drug-likeness (QED) is 0.0994. The Hall–Kier alpha value is -1.20. The summed E-state index contributed by atoms with van der Waals surface area (Å²) < 4.78 is 50.9. The number of aliphatic carboxylic acids is 1. The second kappa shape index (κ2) is 13.2. The van der Waals surface area contributed by atoms with Crippen molar-refractivity contribution in [3.05, 3.63) is 11.6 Å². The van der Waals surface area contributed by atoms with Crippen LogP contribution < -0.4 is 0 Å².